The van der Waals surface area contributed by atoms with Crippen LogP contribution in [0.4, 0.5) is 10.1 Å². The lowest BCUT2D eigenvalue weighted by molar-refractivity contribution is -0.134. The number of amides is 2. The number of benzene rings is 1. The third-order valence-electron chi connectivity index (χ3n) is 7.18. The molecule has 0 radical (unpaired) electrons. The van der Waals surface area contributed by atoms with E-state index in [1.807, 2.05) is 6.07 Å². The van der Waals surface area contributed by atoms with Crippen molar-refractivity contribution in [1.29, 1.82) is 0 Å². The van der Waals surface area contributed by atoms with Gasteiger partial charge in [0, 0.05) is 30.0 Å². The van der Waals surface area contributed by atoms with Gasteiger partial charge in [0.25, 0.3) is 11.8 Å². The smallest absolute Gasteiger partial charge is 0.269 e. The van der Waals surface area contributed by atoms with Gasteiger partial charge >= 0.3 is 0 Å². The number of allylic oxidation sites excluding steroid dienone is 4. The van der Waals surface area contributed by atoms with Crippen molar-refractivity contribution in [3.8, 4) is 0 Å². The van der Waals surface area contributed by atoms with Crippen molar-refractivity contribution in [1.82, 2.24) is 10.8 Å². The summed E-state index contributed by atoms with van der Waals surface area (Å²) in [5.74, 6) is -0.972. The first kappa shape index (κ1) is 32.6. The van der Waals surface area contributed by atoms with E-state index in [1.165, 1.54) is 22.9 Å². The van der Waals surface area contributed by atoms with E-state index < -0.39 is 28.0 Å². The molecular weight excluding hydrogens is 585 g/mol. The molecule has 14 heteroatoms. The van der Waals surface area contributed by atoms with Gasteiger partial charge in [-0.1, -0.05) is 19.1 Å². The van der Waals surface area contributed by atoms with Gasteiger partial charge in [-0.15, -0.1) is 0 Å². The van der Waals surface area contributed by atoms with E-state index >= 15 is 0 Å². The Morgan fingerprint density at radius 1 is 1.12 bits per heavy atom. The van der Waals surface area contributed by atoms with Crippen LogP contribution in [0.25, 0.3) is 16.5 Å². The Morgan fingerprint density at radius 2 is 1.79 bits per heavy atom. The minimum atomic E-state index is -3.72. The molecule has 4 rings (SSSR count). The standard InChI is InChI=1S/C29H38FN3O9S/c1-18-14-20(6-7-23(18)30)28-27(29(35)31-2)22-15-21(19-4-5-19)24(16-25(22)42-28)33(43(3,37)38)8-9-39-10-11-40-12-13-41-17-26(34)32-36/h6-7,14-16,18-19,23,36H,4-5,8-13,17H2,1-3H3,(H,31,35)(H,32,34). The van der Waals surface area contributed by atoms with Crippen molar-refractivity contribution in [3.05, 3.63) is 47.2 Å². The second-order valence-corrected chi connectivity index (χ2v) is 12.4. The highest BCUT2D eigenvalue weighted by molar-refractivity contribution is 7.92. The number of alkyl halides is 1. The zero-order valence-corrected chi connectivity index (χ0v) is 25.2. The number of furan rings is 1. The number of hydrogen-bond donors (Lipinski definition) is 3. The summed E-state index contributed by atoms with van der Waals surface area (Å²) in [5, 5.41) is 11.6. The first-order chi connectivity index (χ1) is 20.5. The average Bonchev–Trinajstić information content (AvgIpc) is 3.75. The molecule has 3 N–H and O–H groups in total. The molecule has 1 saturated carbocycles. The molecular formula is C29H38FN3O9S. The maximum Gasteiger partial charge on any atom is 0.269 e. The van der Waals surface area contributed by atoms with E-state index in [4.69, 9.17) is 23.8 Å². The maximum atomic E-state index is 14.1. The van der Waals surface area contributed by atoms with Gasteiger partial charge in [-0.05, 0) is 36.5 Å². The van der Waals surface area contributed by atoms with Gasteiger partial charge in [-0.3, -0.25) is 19.1 Å². The SMILES string of the molecule is CNC(=O)c1c(C2=CC(C)C(F)C=C2)oc2cc(N(CCOCCOCCOCC(=O)NO)S(C)(=O)=O)c(C3CC3)cc12. The maximum absolute atomic E-state index is 14.1. The van der Waals surface area contributed by atoms with Gasteiger partial charge in [0.05, 0.1) is 57.1 Å². The molecule has 2 unspecified atom stereocenters. The minimum absolute atomic E-state index is 0.0443. The van der Waals surface area contributed by atoms with E-state index in [9.17, 15) is 22.4 Å². The summed E-state index contributed by atoms with van der Waals surface area (Å²) in [7, 11) is -2.20. The van der Waals surface area contributed by atoms with E-state index in [1.54, 1.807) is 25.1 Å². The highest BCUT2D eigenvalue weighted by Crippen LogP contribution is 2.48. The lowest BCUT2D eigenvalue weighted by Crippen LogP contribution is -2.34. The summed E-state index contributed by atoms with van der Waals surface area (Å²) in [5.41, 5.74) is 3.99. The van der Waals surface area contributed by atoms with Crippen LogP contribution in [-0.4, -0.2) is 91.1 Å². The van der Waals surface area contributed by atoms with Crippen LogP contribution >= 0.6 is 0 Å². The molecule has 2 aliphatic rings. The first-order valence-electron chi connectivity index (χ1n) is 14.1. The third kappa shape index (κ3) is 8.21. The number of carbonyl (C=O) groups excluding carboxylic acids is 2. The summed E-state index contributed by atoms with van der Waals surface area (Å²) in [6, 6.07) is 3.50. The van der Waals surface area contributed by atoms with Gasteiger partial charge in [0.2, 0.25) is 10.0 Å². The highest BCUT2D eigenvalue weighted by atomic mass is 32.2. The number of rotatable bonds is 16. The fraction of sp³-hybridized carbons (Fsp3) is 0.517. The van der Waals surface area contributed by atoms with Crippen LogP contribution in [0.3, 0.4) is 0 Å². The highest BCUT2D eigenvalue weighted by Gasteiger charge is 2.33. The van der Waals surface area contributed by atoms with E-state index in [0.29, 0.717) is 33.6 Å². The predicted octanol–water partition coefficient (Wildman–Crippen LogP) is 2.92. The second kappa shape index (κ2) is 14.4. The molecule has 236 valence electrons. The van der Waals surface area contributed by atoms with Crippen LogP contribution in [-0.2, 0) is 29.0 Å². The van der Waals surface area contributed by atoms with Crippen LogP contribution in [0.2, 0.25) is 0 Å². The zero-order valence-electron chi connectivity index (χ0n) is 24.4. The van der Waals surface area contributed by atoms with Gasteiger partial charge in [0.1, 0.15) is 24.1 Å². The second-order valence-electron chi connectivity index (χ2n) is 10.5. The number of fused-ring (bicyclic) bond motifs is 1. The monoisotopic (exact) mass is 623 g/mol. The quantitative estimate of drug-likeness (QED) is 0.145. The van der Waals surface area contributed by atoms with E-state index in [2.05, 4.69) is 5.32 Å². The third-order valence-corrected chi connectivity index (χ3v) is 8.36. The molecule has 1 aromatic heterocycles. The number of hydroxylamine groups is 1. The zero-order chi connectivity index (χ0) is 31.1. The summed E-state index contributed by atoms with van der Waals surface area (Å²) in [6.07, 6.45) is 6.54. The largest absolute Gasteiger partial charge is 0.455 e. The van der Waals surface area contributed by atoms with Crippen molar-refractivity contribution in [2.45, 2.75) is 31.9 Å². The fourth-order valence-electron chi connectivity index (χ4n) is 4.84. The molecule has 0 aliphatic heterocycles. The van der Waals surface area contributed by atoms with Gasteiger partial charge in [-0.2, -0.15) is 0 Å². The first-order valence-corrected chi connectivity index (χ1v) is 15.9. The lowest BCUT2D eigenvalue weighted by atomic mass is 9.93. The summed E-state index contributed by atoms with van der Waals surface area (Å²) in [6.45, 7) is 2.41. The Hall–Kier alpha value is -3.30. The number of ether oxygens (including phenoxy) is 3. The molecule has 43 heavy (non-hydrogen) atoms. The van der Waals surface area contributed by atoms with Gasteiger partial charge in [0.15, 0.2) is 0 Å². The lowest BCUT2D eigenvalue weighted by Gasteiger charge is -2.25. The molecule has 0 bridgehead atoms. The Bertz CT molecular complexity index is 1480. The number of anilines is 1. The molecule has 1 aromatic carbocycles. The van der Waals surface area contributed by atoms with Crippen molar-refractivity contribution < 1.29 is 46.2 Å². The van der Waals surface area contributed by atoms with Crippen molar-refractivity contribution in [2.75, 3.05) is 63.8 Å². The van der Waals surface area contributed by atoms with Gasteiger partial charge < -0.3 is 23.9 Å². The average molecular weight is 624 g/mol. The molecule has 0 spiro atoms. The molecule has 0 saturated heterocycles. The Balaban J connectivity index is 1.52. The van der Waals surface area contributed by atoms with E-state index in [-0.39, 0.29) is 58.0 Å². The number of hydrogen-bond acceptors (Lipinski definition) is 9. The molecule has 12 nitrogen and oxygen atoms in total. The van der Waals surface area contributed by atoms with Crippen LogP contribution in [0.15, 0.2) is 34.8 Å². The van der Waals surface area contributed by atoms with Crippen LogP contribution in [0.5, 0.6) is 0 Å². The van der Waals surface area contributed by atoms with Crippen molar-refractivity contribution in [3.63, 3.8) is 0 Å². The number of nitrogens with one attached hydrogen (secondary N) is 2. The van der Waals surface area contributed by atoms with Crippen molar-refractivity contribution in [2.24, 2.45) is 5.92 Å². The van der Waals surface area contributed by atoms with Crippen molar-refractivity contribution >= 4 is 44.1 Å². The number of nitrogens with zero attached hydrogens (tertiary/aromatic N) is 1. The Kier molecular flexibility index (Phi) is 11.0. The van der Waals surface area contributed by atoms with Crippen LogP contribution in [0, 0.1) is 5.92 Å². The molecule has 2 aliphatic carbocycles. The Labute approximate surface area is 249 Å². The summed E-state index contributed by atoms with van der Waals surface area (Å²) < 4.78 is 63.6. The molecule has 2 atom stereocenters. The molecule has 2 aromatic rings. The van der Waals surface area contributed by atoms with Gasteiger partial charge in [-0.25, -0.2) is 18.3 Å². The number of sulfonamides is 1. The fourth-order valence-corrected chi connectivity index (χ4v) is 5.76. The van der Waals surface area contributed by atoms with Crippen LogP contribution in [0.1, 0.15) is 47.4 Å². The normalized spacial score (nSPS) is 18.5. The topological polar surface area (TPSA) is 157 Å². The van der Waals surface area contributed by atoms with Crippen LogP contribution < -0.4 is 15.1 Å². The molecule has 2 amide bonds. The Morgan fingerprint density at radius 3 is 2.40 bits per heavy atom. The molecule has 1 fully saturated rings. The number of carbonyl (C=O) groups is 2. The number of halogens is 1. The minimum Gasteiger partial charge on any atom is -0.455 e. The summed E-state index contributed by atoms with van der Waals surface area (Å²) in [4.78, 5) is 23.9. The predicted molar refractivity (Wildman–Crippen MR) is 157 cm³/mol. The summed E-state index contributed by atoms with van der Waals surface area (Å²) >= 11 is 0. The van der Waals surface area contributed by atoms with E-state index in [0.717, 1.165) is 24.7 Å². The molecule has 1 heterocycles.